The highest BCUT2D eigenvalue weighted by atomic mass is 16.5. The van der Waals surface area contributed by atoms with Crippen LogP contribution in [0.4, 0.5) is 0 Å². The number of fused-ring (bicyclic) bond motifs is 6. The molecule has 0 saturated heterocycles. The second kappa shape index (κ2) is 7.10. The predicted molar refractivity (Wildman–Crippen MR) is 106 cm³/mol. The smallest absolute Gasteiger partial charge is 0.213 e. The maximum atomic E-state index is 5.91. The van der Waals surface area contributed by atoms with E-state index in [4.69, 9.17) is 9.72 Å². The van der Waals surface area contributed by atoms with Crippen molar-refractivity contribution >= 4 is 32.4 Å². The number of aromatic nitrogens is 1. The first-order valence-electron chi connectivity index (χ1n) is 9.21. The van der Waals surface area contributed by atoms with E-state index in [0.717, 1.165) is 24.4 Å². The van der Waals surface area contributed by atoms with Crippen LogP contribution in [-0.4, -0.2) is 11.6 Å². The lowest BCUT2D eigenvalue weighted by atomic mass is 9.97. The summed E-state index contributed by atoms with van der Waals surface area (Å²) < 4.78 is 5.91. The summed E-state index contributed by atoms with van der Waals surface area (Å²) in [6.45, 7) is 2.96. The zero-order valence-electron chi connectivity index (χ0n) is 14.7. The summed E-state index contributed by atoms with van der Waals surface area (Å²) >= 11 is 0. The molecule has 0 amide bonds. The first-order valence-corrected chi connectivity index (χ1v) is 9.21. The molecule has 0 aliphatic rings. The molecule has 0 bridgehead atoms. The van der Waals surface area contributed by atoms with Crippen LogP contribution in [-0.2, 0) is 0 Å². The van der Waals surface area contributed by atoms with Crippen molar-refractivity contribution in [3.05, 3.63) is 60.7 Å². The summed E-state index contributed by atoms with van der Waals surface area (Å²) in [6.07, 6.45) is 4.82. The summed E-state index contributed by atoms with van der Waals surface area (Å²) in [5.74, 6) is 0.726. The van der Waals surface area contributed by atoms with Gasteiger partial charge in [-0.2, -0.15) is 0 Å². The van der Waals surface area contributed by atoms with E-state index in [-0.39, 0.29) is 0 Å². The lowest BCUT2D eigenvalue weighted by Crippen LogP contribution is -1.99. The van der Waals surface area contributed by atoms with Crippen LogP contribution in [0.5, 0.6) is 5.88 Å². The molecule has 0 aliphatic carbocycles. The number of ether oxygens (including phenoxy) is 1. The molecule has 1 heterocycles. The van der Waals surface area contributed by atoms with Gasteiger partial charge < -0.3 is 4.74 Å². The van der Waals surface area contributed by atoms with Crippen LogP contribution < -0.4 is 4.74 Å². The fourth-order valence-electron chi connectivity index (χ4n) is 3.53. The van der Waals surface area contributed by atoms with Crippen molar-refractivity contribution in [2.75, 3.05) is 6.61 Å². The second-order valence-electron chi connectivity index (χ2n) is 6.55. The van der Waals surface area contributed by atoms with Gasteiger partial charge in [0.25, 0.3) is 0 Å². The predicted octanol–water partition coefficient (Wildman–Crippen LogP) is 6.50. The van der Waals surface area contributed by atoms with Gasteiger partial charge in [0, 0.05) is 16.8 Å². The van der Waals surface area contributed by atoms with Crippen molar-refractivity contribution in [3.63, 3.8) is 0 Å². The standard InChI is InChI=1S/C23H23NO/c1-2-3-4-9-16-25-22-15-14-21-19-12-6-5-10-17(19)18-11-7-8-13-20(18)23(21)24-22/h5-8,10-15H,2-4,9,16H2,1H3. The lowest BCUT2D eigenvalue weighted by molar-refractivity contribution is 0.295. The zero-order chi connectivity index (χ0) is 17.1. The Morgan fingerprint density at radius 2 is 1.28 bits per heavy atom. The van der Waals surface area contributed by atoms with Crippen molar-refractivity contribution in [2.45, 2.75) is 32.6 Å². The largest absolute Gasteiger partial charge is 0.478 e. The van der Waals surface area contributed by atoms with E-state index < -0.39 is 0 Å². The number of hydrogen-bond acceptors (Lipinski definition) is 2. The third-order valence-corrected chi connectivity index (χ3v) is 4.81. The van der Waals surface area contributed by atoms with Gasteiger partial charge in [0.05, 0.1) is 12.1 Å². The summed E-state index contributed by atoms with van der Waals surface area (Å²) in [5.41, 5.74) is 1.03. The van der Waals surface area contributed by atoms with Crippen molar-refractivity contribution in [3.8, 4) is 5.88 Å². The van der Waals surface area contributed by atoms with Gasteiger partial charge in [-0.05, 0) is 28.6 Å². The van der Waals surface area contributed by atoms with Gasteiger partial charge in [-0.3, -0.25) is 0 Å². The van der Waals surface area contributed by atoms with Gasteiger partial charge in [0.15, 0.2) is 0 Å². The van der Waals surface area contributed by atoms with Gasteiger partial charge in [0.2, 0.25) is 5.88 Å². The van der Waals surface area contributed by atoms with Crippen LogP contribution in [0.15, 0.2) is 60.7 Å². The van der Waals surface area contributed by atoms with E-state index in [1.807, 2.05) is 6.07 Å². The average Bonchev–Trinajstić information content (AvgIpc) is 2.68. The molecule has 3 aromatic carbocycles. The van der Waals surface area contributed by atoms with Gasteiger partial charge >= 0.3 is 0 Å². The highest BCUT2D eigenvalue weighted by Crippen LogP contribution is 2.34. The first-order chi connectivity index (χ1) is 12.4. The van der Waals surface area contributed by atoms with Gasteiger partial charge in [-0.15, -0.1) is 0 Å². The van der Waals surface area contributed by atoms with Crippen molar-refractivity contribution in [1.82, 2.24) is 4.98 Å². The fraction of sp³-hybridized carbons (Fsp3) is 0.261. The number of pyridine rings is 1. The molecule has 0 atom stereocenters. The van der Waals surface area contributed by atoms with Crippen LogP contribution in [0.1, 0.15) is 32.6 Å². The molecule has 0 N–H and O–H groups in total. The molecular weight excluding hydrogens is 306 g/mol. The Balaban J connectivity index is 1.79. The molecule has 2 nitrogen and oxygen atoms in total. The van der Waals surface area contributed by atoms with Gasteiger partial charge in [-0.25, -0.2) is 4.98 Å². The topological polar surface area (TPSA) is 22.1 Å². The molecule has 0 radical (unpaired) electrons. The van der Waals surface area contributed by atoms with E-state index in [9.17, 15) is 0 Å². The molecule has 126 valence electrons. The quantitative estimate of drug-likeness (QED) is 0.297. The third kappa shape index (κ3) is 3.05. The van der Waals surface area contributed by atoms with E-state index >= 15 is 0 Å². The molecular formula is C23H23NO. The monoisotopic (exact) mass is 329 g/mol. The number of hydrogen-bond donors (Lipinski definition) is 0. The Kier molecular flexibility index (Phi) is 4.51. The van der Waals surface area contributed by atoms with Crippen LogP contribution in [0.3, 0.4) is 0 Å². The number of rotatable bonds is 6. The maximum Gasteiger partial charge on any atom is 0.213 e. The Labute approximate surface area is 148 Å². The van der Waals surface area contributed by atoms with Gasteiger partial charge in [0.1, 0.15) is 0 Å². The first kappa shape index (κ1) is 15.9. The molecule has 0 saturated carbocycles. The third-order valence-electron chi connectivity index (χ3n) is 4.81. The highest BCUT2D eigenvalue weighted by Gasteiger charge is 2.10. The number of nitrogens with zero attached hydrogens (tertiary/aromatic N) is 1. The van der Waals surface area contributed by atoms with E-state index in [1.165, 1.54) is 46.2 Å². The van der Waals surface area contributed by atoms with E-state index in [0.29, 0.717) is 0 Å². The van der Waals surface area contributed by atoms with Crippen LogP contribution in [0.25, 0.3) is 32.4 Å². The summed E-state index contributed by atoms with van der Waals surface area (Å²) in [6, 6.07) is 21.2. The van der Waals surface area contributed by atoms with Crippen LogP contribution >= 0.6 is 0 Å². The second-order valence-corrected chi connectivity index (χ2v) is 6.55. The Hall–Kier alpha value is -2.61. The molecule has 0 aliphatic heterocycles. The summed E-state index contributed by atoms with van der Waals surface area (Å²) in [4.78, 5) is 4.85. The summed E-state index contributed by atoms with van der Waals surface area (Å²) in [5, 5.41) is 6.15. The average molecular weight is 329 g/mol. The minimum Gasteiger partial charge on any atom is -0.478 e. The highest BCUT2D eigenvalue weighted by molar-refractivity contribution is 6.24. The van der Waals surface area contributed by atoms with Crippen LogP contribution in [0.2, 0.25) is 0 Å². The van der Waals surface area contributed by atoms with E-state index in [2.05, 4.69) is 61.5 Å². The SMILES string of the molecule is CCCCCCOc1ccc2c3ccccc3c3ccccc3c2n1. The van der Waals surface area contributed by atoms with Crippen LogP contribution in [0, 0.1) is 0 Å². The van der Waals surface area contributed by atoms with Crippen molar-refractivity contribution in [2.24, 2.45) is 0 Å². The van der Waals surface area contributed by atoms with E-state index in [1.54, 1.807) is 0 Å². The molecule has 4 aromatic rings. The molecule has 25 heavy (non-hydrogen) atoms. The fourth-order valence-corrected chi connectivity index (χ4v) is 3.53. The molecule has 2 heteroatoms. The summed E-state index contributed by atoms with van der Waals surface area (Å²) in [7, 11) is 0. The molecule has 0 spiro atoms. The normalized spacial score (nSPS) is 11.4. The van der Waals surface area contributed by atoms with Crippen molar-refractivity contribution in [1.29, 1.82) is 0 Å². The number of unbranched alkanes of at least 4 members (excludes halogenated alkanes) is 3. The number of benzene rings is 3. The lowest BCUT2D eigenvalue weighted by Gasteiger charge is -2.11. The van der Waals surface area contributed by atoms with Gasteiger partial charge in [-0.1, -0.05) is 74.7 Å². The molecule has 1 aromatic heterocycles. The molecule has 0 unspecified atom stereocenters. The molecule has 4 rings (SSSR count). The zero-order valence-corrected chi connectivity index (χ0v) is 14.7. The Bertz CT molecular complexity index is 987. The minimum absolute atomic E-state index is 0.726. The Morgan fingerprint density at radius 3 is 1.96 bits per heavy atom. The molecule has 0 fully saturated rings. The maximum absolute atomic E-state index is 5.91. The minimum atomic E-state index is 0.726. The van der Waals surface area contributed by atoms with Crippen molar-refractivity contribution < 1.29 is 4.74 Å². The Morgan fingerprint density at radius 1 is 0.680 bits per heavy atom.